The van der Waals surface area contributed by atoms with Gasteiger partial charge in [-0.25, -0.2) is 0 Å². The summed E-state index contributed by atoms with van der Waals surface area (Å²) in [5.41, 5.74) is 3.89. The second kappa shape index (κ2) is 5.86. The Morgan fingerprint density at radius 2 is 1.42 bits per heavy atom. The van der Waals surface area contributed by atoms with Crippen LogP contribution in [0, 0.1) is 12.2 Å². The Morgan fingerprint density at radius 1 is 0.917 bits per heavy atom. The molecule has 0 atom stereocenters. The molecule has 1 heterocycles. The van der Waals surface area contributed by atoms with E-state index in [1.54, 1.807) is 0 Å². The minimum atomic E-state index is -4.94. The van der Waals surface area contributed by atoms with Crippen molar-refractivity contribution in [1.82, 2.24) is 15.0 Å². The van der Waals surface area contributed by atoms with Gasteiger partial charge in [0.2, 0.25) is 5.95 Å². The summed E-state index contributed by atoms with van der Waals surface area (Å²) in [5.74, 6) is -0.837. The molecule has 1 aromatic carbocycles. The van der Waals surface area contributed by atoms with E-state index in [-0.39, 0.29) is 0 Å². The van der Waals surface area contributed by atoms with Gasteiger partial charge in [-0.3, -0.25) is 9.11 Å². The van der Waals surface area contributed by atoms with Gasteiger partial charge in [0.1, 0.15) is 9.79 Å². The Kier molecular flexibility index (Phi) is 4.36. The fraction of sp³-hybridized carbons (Fsp3) is 0. The molecule has 0 saturated heterocycles. The summed E-state index contributed by atoms with van der Waals surface area (Å²) in [7, 11) is -9.81. The van der Waals surface area contributed by atoms with E-state index in [1.165, 1.54) is 0 Å². The standard InChI is InChI=1S/C9H7F2N5O6S2/c10-7-14-8(11)16-9(15-7)13-4-2-5(23(17,18)19)3(12)1-6(4)24(20,21)22/h1-2H,12H2,(H,17,18,19)(H,20,21,22)(H,13,14,15,16). The van der Waals surface area contributed by atoms with E-state index >= 15 is 0 Å². The third kappa shape index (κ3) is 3.88. The van der Waals surface area contributed by atoms with Gasteiger partial charge >= 0.3 is 12.2 Å². The second-order valence-electron chi connectivity index (χ2n) is 4.16. The number of rotatable bonds is 4. The number of nitrogens with two attached hydrogens (primary N) is 1. The number of hydrogen-bond acceptors (Lipinski definition) is 9. The van der Waals surface area contributed by atoms with E-state index in [9.17, 15) is 25.6 Å². The highest BCUT2D eigenvalue weighted by molar-refractivity contribution is 7.86. The summed E-state index contributed by atoms with van der Waals surface area (Å²) in [6.07, 6.45) is -3.10. The Labute approximate surface area is 133 Å². The maximum absolute atomic E-state index is 12.9. The van der Waals surface area contributed by atoms with E-state index in [4.69, 9.17) is 14.8 Å². The molecule has 1 aromatic heterocycles. The quantitative estimate of drug-likeness (QED) is 0.410. The highest BCUT2D eigenvalue weighted by atomic mass is 32.2. The third-order valence-corrected chi connectivity index (χ3v) is 4.30. The van der Waals surface area contributed by atoms with Gasteiger partial charge in [-0.15, -0.1) is 0 Å². The van der Waals surface area contributed by atoms with Crippen molar-refractivity contribution in [1.29, 1.82) is 0 Å². The first-order valence-corrected chi connectivity index (χ1v) is 8.48. The first-order chi connectivity index (χ1) is 10.9. The number of nitrogen functional groups attached to an aromatic ring is 1. The van der Waals surface area contributed by atoms with Gasteiger partial charge in [0.15, 0.2) is 0 Å². The molecule has 15 heteroatoms. The fourth-order valence-corrected chi connectivity index (χ4v) is 2.90. The van der Waals surface area contributed by atoms with Gasteiger partial charge in [0.25, 0.3) is 20.2 Å². The SMILES string of the molecule is Nc1cc(S(=O)(=O)O)c(Nc2nc(F)nc(F)n2)cc1S(=O)(=O)O. The van der Waals surface area contributed by atoms with Crippen LogP contribution in [0.1, 0.15) is 0 Å². The summed E-state index contributed by atoms with van der Waals surface area (Å²) in [6, 6.07) is 1.02. The summed E-state index contributed by atoms with van der Waals surface area (Å²) in [4.78, 5) is 6.74. The van der Waals surface area contributed by atoms with Gasteiger partial charge in [0.05, 0.1) is 11.4 Å². The molecule has 0 aliphatic heterocycles. The molecule has 0 saturated carbocycles. The first kappa shape index (κ1) is 17.9. The van der Waals surface area contributed by atoms with Crippen molar-refractivity contribution in [2.24, 2.45) is 0 Å². The van der Waals surface area contributed by atoms with Crippen LogP contribution in [0.25, 0.3) is 0 Å². The van der Waals surface area contributed by atoms with E-state index in [0.717, 1.165) is 0 Å². The molecule has 0 aliphatic rings. The van der Waals surface area contributed by atoms with Crippen LogP contribution in [-0.2, 0) is 20.2 Å². The molecule has 0 unspecified atom stereocenters. The Bertz CT molecular complexity index is 1010. The van der Waals surface area contributed by atoms with Crippen LogP contribution in [0.15, 0.2) is 21.9 Å². The largest absolute Gasteiger partial charge is 0.398 e. The molecule has 0 amide bonds. The van der Waals surface area contributed by atoms with Crippen LogP contribution in [0.2, 0.25) is 0 Å². The number of anilines is 3. The molecule has 0 bridgehead atoms. The van der Waals surface area contributed by atoms with Crippen LogP contribution in [0.4, 0.5) is 26.1 Å². The Hall–Kier alpha value is -2.49. The average molecular weight is 383 g/mol. The topological polar surface area (TPSA) is 185 Å². The average Bonchev–Trinajstić information content (AvgIpc) is 2.36. The minimum Gasteiger partial charge on any atom is -0.398 e. The van der Waals surface area contributed by atoms with E-state index in [1.807, 2.05) is 5.32 Å². The van der Waals surface area contributed by atoms with Gasteiger partial charge in [-0.1, -0.05) is 0 Å². The van der Waals surface area contributed by atoms with Crippen LogP contribution in [0.3, 0.4) is 0 Å². The lowest BCUT2D eigenvalue weighted by Crippen LogP contribution is -2.11. The molecule has 130 valence electrons. The lowest BCUT2D eigenvalue weighted by Gasteiger charge is -2.12. The number of hydrogen-bond donors (Lipinski definition) is 4. The summed E-state index contributed by atoms with van der Waals surface area (Å²) in [6.45, 7) is 0. The number of nitrogens with one attached hydrogen (secondary N) is 1. The van der Waals surface area contributed by atoms with Crippen molar-refractivity contribution in [2.45, 2.75) is 9.79 Å². The van der Waals surface area contributed by atoms with Gasteiger partial charge in [-0.05, 0) is 12.1 Å². The number of benzene rings is 1. The molecule has 0 fully saturated rings. The molecule has 5 N–H and O–H groups in total. The summed E-state index contributed by atoms with van der Waals surface area (Å²) < 4.78 is 89.1. The lowest BCUT2D eigenvalue weighted by atomic mass is 10.3. The van der Waals surface area contributed by atoms with Gasteiger partial charge in [-0.2, -0.15) is 40.6 Å². The zero-order valence-electron chi connectivity index (χ0n) is 11.2. The van der Waals surface area contributed by atoms with Crippen LogP contribution < -0.4 is 11.1 Å². The van der Waals surface area contributed by atoms with Crippen molar-refractivity contribution in [3.8, 4) is 0 Å². The second-order valence-corrected chi connectivity index (χ2v) is 6.94. The maximum atomic E-state index is 12.9. The molecule has 2 rings (SSSR count). The van der Waals surface area contributed by atoms with Crippen LogP contribution in [-0.4, -0.2) is 40.9 Å². The van der Waals surface area contributed by atoms with Crippen molar-refractivity contribution in [2.75, 3.05) is 11.1 Å². The molecule has 24 heavy (non-hydrogen) atoms. The van der Waals surface area contributed by atoms with Crippen molar-refractivity contribution >= 4 is 37.6 Å². The zero-order valence-corrected chi connectivity index (χ0v) is 12.8. The van der Waals surface area contributed by atoms with E-state index in [0.29, 0.717) is 12.1 Å². The summed E-state index contributed by atoms with van der Waals surface area (Å²) in [5, 5.41) is 1.99. The number of nitrogens with zero attached hydrogens (tertiary/aromatic N) is 3. The lowest BCUT2D eigenvalue weighted by molar-refractivity contribution is 0.457. The van der Waals surface area contributed by atoms with Gasteiger partial charge < -0.3 is 11.1 Å². The smallest absolute Gasteiger partial charge is 0.315 e. The molecule has 11 nitrogen and oxygen atoms in total. The van der Waals surface area contributed by atoms with Crippen molar-refractivity contribution < 1.29 is 34.7 Å². The highest BCUT2D eigenvalue weighted by Gasteiger charge is 2.24. The molecule has 0 radical (unpaired) electrons. The monoisotopic (exact) mass is 383 g/mol. The zero-order chi connectivity index (χ0) is 18.3. The van der Waals surface area contributed by atoms with Crippen molar-refractivity contribution in [3.63, 3.8) is 0 Å². The van der Waals surface area contributed by atoms with Crippen molar-refractivity contribution in [3.05, 3.63) is 24.3 Å². The number of aromatic nitrogens is 3. The fourth-order valence-electron chi connectivity index (χ4n) is 1.61. The minimum absolute atomic E-state index is 0.507. The highest BCUT2D eigenvalue weighted by Crippen LogP contribution is 2.31. The molecular formula is C9H7F2N5O6S2. The molecule has 0 aliphatic carbocycles. The van der Waals surface area contributed by atoms with Gasteiger partial charge in [0, 0.05) is 0 Å². The van der Waals surface area contributed by atoms with Crippen LogP contribution >= 0.6 is 0 Å². The predicted molar refractivity (Wildman–Crippen MR) is 73.5 cm³/mol. The Morgan fingerprint density at radius 3 is 1.88 bits per heavy atom. The molecule has 0 spiro atoms. The van der Waals surface area contributed by atoms with Crippen LogP contribution in [0.5, 0.6) is 0 Å². The van der Waals surface area contributed by atoms with E-state index < -0.39 is 59.5 Å². The normalized spacial score (nSPS) is 12.2. The Balaban J connectivity index is 2.70. The molecular weight excluding hydrogens is 376 g/mol. The molecule has 2 aromatic rings. The van der Waals surface area contributed by atoms with E-state index in [2.05, 4.69) is 15.0 Å². The first-order valence-electron chi connectivity index (χ1n) is 5.60. The predicted octanol–water partition coefficient (Wildman–Crippen LogP) is -0.0310. The maximum Gasteiger partial charge on any atom is 0.315 e. The summed E-state index contributed by atoms with van der Waals surface area (Å²) >= 11 is 0. The number of halogens is 2. The third-order valence-electron chi connectivity index (χ3n) is 2.50.